The lowest BCUT2D eigenvalue weighted by Gasteiger charge is -2.22. The summed E-state index contributed by atoms with van der Waals surface area (Å²) in [4.78, 5) is 22.2. The minimum Gasteiger partial charge on any atom is -0.368 e. The van der Waals surface area contributed by atoms with Gasteiger partial charge in [0.2, 0.25) is 11.8 Å². The third-order valence-corrected chi connectivity index (χ3v) is 3.04. The van der Waals surface area contributed by atoms with Crippen LogP contribution in [0.5, 0.6) is 0 Å². The molecule has 1 atom stereocenters. The van der Waals surface area contributed by atoms with E-state index in [-0.39, 0.29) is 5.91 Å². The van der Waals surface area contributed by atoms with Gasteiger partial charge in [-0.05, 0) is 45.2 Å². The van der Waals surface area contributed by atoms with E-state index >= 15 is 0 Å². The molecule has 16 heavy (non-hydrogen) atoms. The number of hydrogen-bond donors (Lipinski definition) is 3. The van der Waals surface area contributed by atoms with Gasteiger partial charge in [0.05, 0.1) is 0 Å². The summed E-state index contributed by atoms with van der Waals surface area (Å²) in [7, 11) is 0. The normalized spacial score (nSPS) is 19.1. The Bertz CT molecular complexity index is 250. The second-order valence-corrected chi connectivity index (χ2v) is 4.42. The fraction of sp³-hybridized carbons (Fsp3) is 0.818. The van der Waals surface area contributed by atoms with Crippen LogP contribution in [-0.2, 0) is 9.59 Å². The van der Waals surface area contributed by atoms with Gasteiger partial charge in [-0.2, -0.15) is 0 Å². The van der Waals surface area contributed by atoms with Gasteiger partial charge in [0.25, 0.3) is 0 Å². The molecule has 0 aliphatic carbocycles. The van der Waals surface area contributed by atoms with Crippen molar-refractivity contribution in [2.45, 2.75) is 38.6 Å². The monoisotopic (exact) mass is 227 g/mol. The van der Waals surface area contributed by atoms with Crippen LogP contribution in [0.2, 0.25) is 0 Å². The number of amides is 2. The Labute approximate surface area is 96.1 Å². The summed E-state index contributed by atoms with van der Waals surface area (Å²) >= 11 is 0. The molecule has 1 unspecified atom stereocenters. The van der Waals surface area contributed by atoms with Crippen molar-refractivity contribution in [2.75, 3.05) is 13.1 Å². The molecule has 1 saturated heterocycles. The third-order valence-electron chi connectivity index (χ3n) is 3.04. The van der Waals surface area contributed by atoms with Crippen LogP contribution in [0.1, 0.15) is 32.6 Å². The Morgan fingerprint density at radius 1 is 1.44 bits per heavy atom. The van der Waals surface area contributed by atoms with Crippen LogP contribution in [0.4, 0.5) is 0 Å². The van der Waals surface area contributed by atoms with Crippen molar-refractivity contribution in [3.63, 3.8) is 0 Å². The standard InChI is InChI=1S/C11H21N3O2/c1-8(11(12)16)14-10(15)3-2-9-4-6-13-7-5-9/h8-9,13H,2-7H2,1H3,(H2,12,16)(H,14,15). The van der Waals surface area contributed by atoms with Crippen molar-refractivity contribution in [3.05, 3.63) is 0 Å². The first-order chi connectivity index (χ1) is 7.59. The fourth-order valence-electron chi connectivity index (χ4n) is 1.89. The lowest BCUT2D eigenvalue weighted by molar-refractivity contribution is -0.127. The quantitative estimate of drug-likeness (QED) is 0.606. The van der Waals surface area contributed by atoms with Gasteiger partial charge in [-0.15, -0.1) is 0 Å². The molecule has 1 aliphatic rings. The van der Waals surface area contributed by atoms with Gasteiger partial charge in [0, 0.05) is 6.42 Å². The van der Waals surface area contributed by atoms with Crippen molar-refractivity contribution in [2.24, 2.45) is 11.7 Å². The number of nitrogens with one attached hydrogen (secondary N) is 2. The molecule has 1 aliphatic heterocycles. The van der Waals surface area contributed by atoms with E-state index in [9.17, 15) is 9.59 Å². The first kappa shape index (κ1) is 13.0. The van der Waals surface area contributed by atoms with Crippen LogP contribution < -0.4 is 16.4 Å². The summed E-state index contributed by atoms with van der Waals surface area (Å²) in [5.41, 5.74) is 5.06. The highest BCUT2D eigenvalue weighted by molar-refractivity contribution is 5.86. The summed E-state index contributed by atoms with van der Waals surface area (Å²) < 4.78 is 0. The zero-order valence-electron chi connectivity index (χ0n) is 9.79. The molecule has 4 N–H and O–H groups in total. The highest BCUT2D eigenvalue weighted by Crippen LogP contribution is 2.17. The van der Waals surface area contributed by atoms with Crippen LogP contribution in [0.25, 0.3) is 0 Å². The average Bonchev–Trinajstić information content (AvgIpc) is 2.27. The summed E-state index contributed by atoms with van der Waals surface area (Å²) in [6, 6.07) is -0.569. The van der Waals surface area contributed by atoms with Gasteiger partial charge in [-0.3, -0.25) is 9.59 Å². The topological polar surface area (TPSA) is 84.2 Å². The molecule has 0 radical (unpaired) electrons. The van der Waals surface area contributed by atoms with Crippen molar-refractivity contribution >= 4 is 11.8 Å². The predicted octanol–water partition coefficient (Wildman–Crippen LogP) is -0.244. The molecule has 0 aromatic rings. The maximum atomic E-state index is 11.5. The number of rotatable bonds is 5. The van der Waals surface area contributed by atoms with Gasteiger partial charge in [-0.1, -0.05) is 0 Å². The second kappa shape index (κ2) is 6.48. The predicted molar refractivity (Wildman–Crippen MR) is 61.6 cm³/mol. The largest absolute Gasteiger partial charge is 0.368 e. The van der Waals surface area contributed by atoms with Crippen LogP contribution >= 0.6 is 0 Å². The van der Waals surface area contributed by atoms with Crippen LogP contribution in [0.15, 0.2) is 0 Å². The Kier molecular flexibility index (Phi) is 5.25. The Balaban J connectivity index is 2.16. The molecule has 0 spiro atoms. The Morgan fingerprint density at radius 3 is 2.62 bits per heavy atom. The van der Waals surface area contributed by atoms with E-state index in [1.807, 2.05) is 0 Å². The molecule has 1 fully saturated rings. The highest BCUT2D eigenvalue weighted by Gasteiger charge is 2.16. The van der Waals surface area contributed by atoms with Gasteiger partial charge >= 0.3 is 0 Å². The molecule has 5 heteroatoms. The molecule has 5 nitrogen and oxygen atoms in total. The van der Waals surface area contributed by atoms with Crippen LogP contribution in [0, 0.1) is 5.92 Å². The number of nitrogens with two attached hydrogens (primary N) is 1. The van der Waals surface area contributed by atoms with Gasteiger partial charge in [-0.25, -0.2) is 0 Å². The van der Waals surface area contributed by atoms with Gasteiger partial charge in [0.15, 0.2) is 0 Å². The van der Waals surface area contributed by atoms with E-state index < -0.39 is 11.9 Å². The minimum absolute atomic E-state index is 0.0789. The smallest absolute Gasteiger partial charge is 0.239 e. The average molecular weight is 227 g/mol. The first-order valence-corrected chi connectivity index (χ1v) is 5.89. The van der Waals surface area contributed by atoms with Crippen LogP contribution in [-0.4, -0.2) is 30.9 Å². The van der Waals surface area contributed by atoms with E-state index in [4.69, 9.17) is 5.73 Å². The number of hydrogen-bond acceptors (Lipinski definition) is 3. The molecule has 0 aromatic carbocycles. The summed E-state index contributed by atoms with van der Waals surface area (Å²) in [5.74, 6) is 0.0657. The molecule has 2 amide bonds. The Morgan fingerprint density at radius 2 is 2.06 bits per heavy atom. The maximum Gasteiger partial charge on any atom is 0.239 e. The van der Waals surface area contributed by atoms with Crippen molar-refractivity contribution in [1.29, 1.82) is 0 Å². The molecular formula is C11H21N3O2. The van der Waals surface area contributed by atoms with Crippen LogP contribution in [0.3, 0.4) is 0 Å². The van der Waals surface area contributed by atoms with E-state index in [0.29, 0.717) is 12.3 Å². The SMILES string of the molecule is CC(NC(=O)CCC1CCNCC1)C(N)=O. The summed E-state index contributed by atoms with van der Waals surface area (Å²) in [6.07, 6.45) is 3.67. The van der Waals surface area contributed by atoms with E-state index in [1.54, 1.807) is 6.92 Å². The van der Waals surface area contributed by atoms with E-state index in [2.05, 4.69) is 10.6 Å². The molecule has 1 heterocycles. The molecule has 0 bridgehead atoms. The maximum absolute atomic E-state index is 11.5. The fourth-order valence-corrected chi connectivity index (χ4v) is 1.89. The number of carbonyl (C=O) groups is 2. The minimum atomic E-state index is -0.569. The third kappa shape index (κ3) is 4.61. The molecule has 1 rings (SSSR count). The molecule has 0 saturated carbocycles. The lowest BCUT2D eigenvalue weighted by atomic mass is 9.93. The highest BCUT2D eigenvalue weighted by atomic mass is 16.2. The molecule has 0 aromatic heterocycles. The molecule has 92 valence electrons. The van der Waals surface area contributed by atoms with Crippen molar-refractivity contribution in [3.8, 4) is 0 Å². The summed E-state index contributed by atoms with van der Waals surface area (Å²) in [6.45, 7) is 3.69. The lowest BCUT2D eigenvalue weighted by Crippen LogP contribution is -2.42. The number of primary amides is 1. The number of carbonyl (C=O) groups excluding carboxylic acids is 2. The first-order valence-electron chi connectivity index (χ1n) is 5.89. The van der Waals surface area contributed by atoms with E-state index in [0.717, 1.165) is 32.4 Å². The zero-order valence-corrected chi connectivity index (χ0v) is 9.79. The summed E-state index contributed by atoms with van der Waals surface area (Å²) in [5, 5.41) is 5.88. The van der Waals surface area contributed by atoms with Gasteiger partial charge in [0.1, 0.15) is 6.04 Å². The Hall–Kier alpha value is -1.10. The van der Waals surface area contributed by atoms with Crippen molar-refractivity contribution < 1.29 is 9.59 Å². The zero-order chi connectivity index (χ0) is 12.0. The molecular weight excluding hydrogens is 206 g/mol. The second-order valence-electron chi connectivity index (χ2n) is 4.42. The van der Waals surface area contributed by atoms with Gasteiger partial charge < -0.3 is 16.4 Å². The van der Waals surface area contributed by atoms with E-state index in [1.165, 1.54) is 0 Å². The number of piperidine rings is 1. The van der Waals surface area contributed by atoms with Crippen molar-refractivity contribution in [1.82, 2.24) is 10.6 Å².